The summed E-state index contributed by atoms with van der Waals surface area (Å²) in [6.45, 7) is -0.0808. The van der Waals surface area contributed by atoms with Crippen LogP contribution in [0.3, 0.4) is 0 Å². The Labute approximate surface area is 541 Å². The van der Waals surface area contributed by atoms with E-state index >= 15 is 0 Å². The fourth-order valence-electron chi connectivity index (χ4n) is 10.5. The highest BCUT2D eigenvalue weighted by atomic mass is 16.4. The molecule has 0 saturated carbocycles. The molecule has 12 atom stereocenters. The summed E-state index contributed by atoms with van der Waals surface area (Å²) >= 11 is 0. The first-order valence-electron chi connectivity index (χ1n) is 29.9. The number of nitrogens with two attached hydrogens (primary N) is 3. The van der Waals surface area contributed by atoms with E-state index in [0.717, 1.165) is 18.7 Å². The second-order valence-corrected chi connectivity index (χ2v) is 22.6. The number of carboxylic acid groups (broad SMARTS) is 2. The number of para-hydroxylation sites is 2. The number of benzene rings is 3. The number of primary amides is 2. The molecule has 3 heterocycles. The molecule has 0 bridgehead atoms. The zero-order valence-electron chi connectivity index (χ0n) is 51.5. The second-order valence-electron chi connectivity index (χ2n) is 22.6. The van der Waals surface area contributed by atoms with Crippen LogP contribution in [-0.2, 0) is 86.4 Å². The van der Waals surface area contributed by atoms with Crippen LogP contribution in [0.2, 0.25) is 0 Å². The van der Waals surface area contributed by atoms with Gasteiger partial charge in [-0.15, -0.1) is 0 Å². The minimum atomic E-state index is -2.01. The van der Waals surface area contributed by atoms with Crippen molar-refractivity contribution in [3.8, 4) is 0 Å². The van der Waals surface area contributed by atoms with Crippen molar-refractivity contribution in [2.45, 2.75) is 138 Å². The van der Waals surface area contributed by atoms with Gasteiger partial charge in [0.2, 0.25) is 70.9 Å². The summed E-state index contributed by atoms with van der Waals surface area (Å²) in [5.74, 6) is -16.4. The summed E-state index contributed by atoms with van der Waals surface area (Å²) < 4.78 is 0. The topological polar surface area (TPSA) is 561 Å². The molecule has 34 nitrogen and oxygen atoms in total. The summed E-state index contributed by atoms with van der Waals surface area (Å²) in [7, 11) is 0. The molecule has 12 amide bonds. The van der Waals surface area contributed by atoms with Crippen molar-refractivity contribution in [2.75, 3.05) is 19.8 Å². The van der Waals surface area contributed by atoms with Gasteiger partial charge in [-0.1, -0.05) is 66.7 Å². The van der Waals surface area contributed by atoms with Crippen LogP contribution in [-0.4, -0.2) is 216 Å². The molecule has 510 valence electrons. The number of H-pyrrole nitrogens is 2. The smallest absolute Gasteiger partial charge is 0.326 e. The van der Waals surface area contributed by atoms with Crippen LogP contribution >= 0.6 is 0 Å². The molecule has 6 rings (SSSR count). The number of amides is 12. The van der Waals surface area contributed by atoms with Crippen LogP contribution in [0, 0.1) is 0 Å². The average Bonchev–Trinajstić information content (AvgIpc) is 1.73. The van der Waals surface area contributed by atoms with Gasteiger partial charge >= 0.3 is 11.9 Å². The van der Waals surface area contributed by atoms with E-state index in [9.17, 15) is 92.7 Å². The van der Waals surface area contributed by atoms with Crippen LogP contribution in [0.25, 0.3) is 21.8 Å². The first-order valence-corrected chi connectivity index (χ1v) is 29.9. The highest BCUT2D eigenvalue weighted by Gasteiger charge is 2.41. The van der Waals surface area contributed by atoms with E-state index in [0.29, 0.717) is 44.9 Å². The number of aromatic amines is 2. The lowest BCUT2D eigenvalue weighted by atomic mass is 10.0. The largest absolute Gasteiger partial charge is 0.481 e. The zero-order chi connectivity index (χ0) is 69.8. The molecule has 1 saturated heterocycles. The van der Waals surface area contributed by atoms with Crippen LogP contribution < -0.4 is 65.1 Å². The molecular formula is C61H77N15O19. The SMILES string of the molecule is C[C@H](NC(=O)[C@H](Cc1c[nH]c2ccccc12)NC(=O)[C@H](CC(N)=O)NC(=O)[C@@H](N)CC(N)=O)C(=O)N[C@@H](CC(=O)O)C(=O)N[C@@H](Cc1ccccc1)C(=O)N[C@@H](CO)C(=O)N[C@@H](CO)C(=O)N[C@H](C(=O)N[C@@H](Cc1c[nH]c2ccccc12)C(=O)N1CCC[C@H]1C(=O)O)[C@@H](C)O. The Kier molecular flexibility index (Phi) is 26.3. The molecule has 0 aliphatic carbocycles. The van der Waals surface area contributed by atoms with Gasteiger partial charge in [0.05, 0.1) is 44.6 Å². The van der Waals surface area contributed by atoms with Gasteiger partial charge in [0.1, 0.15) is 60.4 Å². The molecule has 1 aliphatic rings. The average molecular weight is 1320 g/mol. The van der Waals surface area contributed by atoms with Crippen molar-refractivity contribution >= 4 is 105 Å². The minimum Gasteiger partial charge on any atom is -0.481 e. The van der Waals surface area contributed by atoms with E-state index in [1.165, 1.54) is 18.3 Å². The minimum absolute atomic E-state index is 0.0567. The Bertz CT molecular complexity index is 3650. The van der Waals surface area contributed by atoms with E-state index < -0.39 is 188 Å². The zero-order valence-corrected chi connectivity index (χ0v) is 51.5. The summed E-state index contributed by atoms with van der Waals surface area (Å²) in [4.78, 5) is 194. The molecule has 0 spiro atoms. The highest BCUT2D eigenvalue weighted by Crippen LogP contribution is 2.24. The van der Waals surface area contributed by atoms with Gasteiger partial charge in [-0.25, -0.2) is 4.79 Å². The van der Waals surface area contributed by atoms with Gasteiger partial charge < -0.3 is 105 Å². The standard InChI is InChI=1S/C61H77N15O19/c1-29(67-53(86)40(20-32-25-65-37-15-8-6-13-34(32)37)71-55(88)41(23-48(64)81)69-52(85)36(62)22-47(63)80)51(84)68-42(24-49(82)83)56(89)70-39(19-31-11-4-3-5-12-31)54(87)73-44(27-77)57(90)74-45(28-78)58(91)75-50(30(2)79)59(92)72-43(60(93)76-18-10-17-46(76)61(94)95)21-33-26-66-38-16-9-7-14-35(33)38/h3-9,11-16,25-26,29-30,36,39-46,50,65-66,77-79H,10,17-24,27-28,62H2,1-2H3,(H2,63,80)(H2,64,81)(H,67,86)(H,68,84)(H,69,85)(H,70,89)(H,71,88)(H,72,92)(H,73,87)(H,74,90)(H,75,91)(H,82,83)(H,94,95)/t29-,30+,36-,39-,40-,41-,42-,43-,44-,45-,46-,50-/m0/s1. The molecule has 5 aromatic rings. The summed E-state index contributed by atoms with van der Waals surface area (Å²) in [5, 5.41) is 73.4. The number of aliphatic carboxylic acids is 2. The van der Waals surface area contributed by atoms with E-state index in [2.05, 4.69) is 57.8 Å². The van der Waals surface area contributed by atoms with Gasteiger partial charge in [-0.3, -0.25) is 62.3 Å². The fraction of sp³-hybridized carbons (Fsp3) is 0.410. The number of rotatable bonds is 35. The van der Waals surface area contributed by atoms with E-state index in [1.54, 1.807) is 72.9 Å². The molecule has 0 unspecified atom stereocenters. The number of fused-ring (bicyclic) bond motifs is 2. The lowest BCUT2D eigenvalue weighted by molar-refractivity contribution is -0.149. The molecule has 22 N–H and O–H groups in total. The van der Waals surface area contributed by atoms with Gasteiger partial charge in [0.15, 0.2) is 0 Å². The highest BCUT2D eigenvalue weighted by molar-refractivity contribution is 6.01. The predicted molar refractivity (Wildman–Crippen MR) is 333 cm³/mol. The lowest BCUT2D eigenvalue weighted by Crippen LogP contribution is -2.63. The third-order valence-corrected chi connectivity index (χ3v) is 15.4. The molecular weight excluding hydrogens is 1250 g/mol. The number of likely N-dealkylation sites (tertiary alicyclic amines) is 1. The number of hydrogen-bond donors (Lipinski definition) is 19. The third-order valence-electron chi connectivity index (χ3n) is 15.4. The number of nitrogens with one attached hydrogen (secondary N) is 11. The number of carbonyl (C=O) groups is 14. The molecule has 95 heavy (non-hydrogen) atoms. The van der Waals surface area contributed by atoms with Crippen molar-refractivity contribution in [2.24, 2.45) is 17.2 Å². The van der Waals surface area contributed by atoms with Gasteiger partial charge in [0, 0.05) is 60.0 Å². The van der Waals surface area contributed by atoms with Gasteiger partial charge in [-0.2, -0.15) is 0 Å². The monoisotopic (exact) mass is 1320 g/mol. The number of aliphatic hydroxyl groups is 3. The first kappa shape index (κ1) is 73.2. The number of carboxylic acids is 2. The lowest BCUT2D eigenvalue weighted by Gasteiger charge is -2.30. The molecule has 1 fully saturated rings. The van der Waals surface area contributed by atoms with Crippen LogP contribution in [0.5, 0.6) is 0 Å². The van der Waals surface area contributed by atoms with Crippen molar-refractivity contribution in [3.05, 3.63) is 108 Å². The Morgan fingerprint density at radius 2 is 0.937 bits per heavy atom. The number of carbonyl (C=O) groups excluding carboxylic acids is 12. The maximum absolute atomic E-state index is 14.2. The molecule has 2 aromatic heterocycles. The number of aromatic nitrogens is 2. The van der Waals surface area contributed by atoms with Crippen molar-refractivity contribution in [1.29, 1.82) is 0 Å². The number of hydrogen-bond acceptors (Lipinski definition) is 18. The van der Waals surface area contributed by atoms with Crippen molar-refractivity contribution in [3.63, 3.8) is 0 Å². The Morgan fingerprint density at radius 1 is 0.505 bits per heavy atom. The molecule has 1 aliphatic heterocycles. The number of nitrogens with zero attached hydrogens (tertiary/aromatic N) is 1. The van der Waals surface area contributed by atoms with Crippen LogP contribution in [0.1, 0.15) is 62.6 Å². The summed E-state index contributed by atoms with van der Waals surface area (Å²) in [6, 6.07) is 2.87. The van der Waals surface area contributed by atoms with E-state index in [-0.39, 0.29) is 32.2 Å². The van der Waals surface area contributed by atoms with Gasteiger partial charge in [0.25, 0.3) is 0 Å². The quantitative estimate of drug-likeness (QED) is 0.0180. The fourth-order valence-corrected chi connectivity index (χ4v) is 10.5. The first-order chi connectivity index (χ1) is 45.1. The molecule has 0 radical (unpaired) electrons. The summed E-state index contributed by atoms with van der Waals surface area (Å²) in [5.41, 5.74) is 19.0. The third kappa shape index (κ3) is 20.6. The Balaban J connectivity index is 1.14. The Hall–Kier alpha value is -10.8. The molecule has 3 aromatic carbocycles. The van der Waals surface area contributed by atoms with E-state index in [1.807, 2.05) is 0 Å². The summed E-state index contributed by atoms with van der Waals surface area (Å²) in [6.07, 6.45) is -1.53. The van der Waals surface area contributed by atoms with Crippen molar-refractivity contribution in [1.82, 2.24) is 62.7 Å². The van der Waals surface area contributed by atoms with E-state index in [4.69, 9.17) is 17.2 Å². The predicted octanol–water partition coefficient (Wildman–Crippen LogP) is -5.95. The molecule has 34 heteroatoms. The van der Waals surface area contributed by atoms with Gasteiger partial charge in [-0.05, 0) is 55.5 Å². The maximum Gasteiger partial charge on any atom is 0.326 e. The normalized spacial score (nSPS) is 16.3. The van der Waals surface area contributed by atoms with Crippen molar-refractivity contribution < 1.29 is 92.7 Å². The van der Waals surface area contributed by atoms with Crippen LogP contribution in [0.15, 0.2) is 91.3 Å². The second kappa shape index (κ2) is 34.2. The maximum atomic E-state index is 14.2. The number of aliphatic hydroxyl groups excluding tert-OH is 3. The van der Waals surface area contributed by atoms with Crippen LogP contribution in [0.4, 0.5) is 0 Å². The Morgan fingerprint density at radius 3 is 1.45 bits per heavy atom.